The molecule has 2 N–H and O–H groups in total. The Hall–Kier alpha value is -1.46. The van der Waals surface area contributed by atoms with Crippen molar-refractivity contribution >= 4 is 11.7 Å². The number of nitrogens with one attached hydrogen (secondary N) is 2. The quantitative estimate of drug-likeness (QED) is 0.769. The van der Waals surface area contributed by atoms with E-state index in [0.29, 0.717) is 12.1 Å². The van der Waals surface area contributed by atoms with Gasteiger partial charge in [-0.15, -0.1) is 0 Å². The van der Waals surface area contributed by atoms with Crippen LogP contribution in [0.15, 0.2) is 20.2 Å². The van der Waals surface area contributed by atoms with Crippen molar-refractivity contribution in [3.8, 4) is 0 Å². The number of aliphatic imine (C=N–C) groups is 2. The number of hydrogen-bond acceptors (Lipinski definition) is 6. The number of nitrogens with zero attached hydrogens (tertiary/aromatic N) is 4. The summed E-state index contributed by atoms with van der Waals surface area (Å²) in [5.41, 5.74) is -0.848. The predicted octanol–water partition coefficient (Wildman–Crippen LogP) is 1.78. The zero-order valence-electron chi connectivity index (χ0n) is 13.4. The molecule has 0 aromatic heterocycles. The second kappa shape index (κ2) is 5.14. The summed E-state index contributed by atoms with van der Waals surface area (Å²) in [7, 11) is 0. The van der Waals surface area contributed by atoms with Crippen LogP contribution in [0.2, 0.25) is 0 Å². The van der Waals surface area contributed by atoms with Gasteiger partial charge in [0.2, 0.25) is 0 Å². The monoisotopic (exact) mass is 278 g/mol. The minimum absolute atomic E-state index is 0.384. The van der Waals surface area contributed by atoms with E-state index in [2.05, 4.69) is 44.7 Å². The van der Waals surface area contributed by atoms with Crippen LogP contribution in [-0.2, 0) is 0 Å². The van der Waals surface area contributed by atoms with Crippen LogP contribution in [0.3, 0.4) is 0 Å². The lowest BCUT2D eigenvalue weighted by molar-refractivity contribution is 0.546. The van der Waals surface area contributed by atoms with Gasteiger partial charge in [0, 0.05) is 12.1 Å². The minimum Gasteiger partial charge on any atom is -0.367 e. The number of amidine groups is 2. The summed E-state index contributed by atoms with van der Waals surface area (Å²) in [6, 6.07) is 0.767. The molecule has 0 radical (unpaired) electrons. The van der Waals surface area contributed by atoms with Gasteiger partial charge in [-0.3, -0.25) is 9.98 Å². The smallest absolute Gasteiger partial charge is 0.133 e. The first kappa shape index (κ1) is 14.9. The highest BCUT2D eigenvalue weighted by atomic mass is 15.3. The number of azo groups is 1. The molecule has 2 rings (SSSR count). The Labute approximate surface area is 121 Å². The van der Waals surface area contributed by atoms with Crippen LogP contribution < -0.4 is 10.6 Å². The maximum absolute atomic E-state index is 4.52. The van der Waals surface area contributed by atoms with Crippen molar-refractivity contribution in [2.45, 2.75) is 64.7 Å². The Bertz CT molecular complexity index is 418. The standard InChI is InChI=1S/C14H26N6/c1-9-7-15-11(17-9)13(3,4)19-20-14(5,6)12-16-8-10(2)18-12/h9-10H,7-8H2,1-6H3,(H,15,17)(H,16,18)/b20-19+. The van der Waals surface area contributed by atoms with Crippen molar-refractivity contribution in [3.05, 3.63) is 0 Å². The van der Waals surface area contributed by atoms with E-state index in [-0.39, 0.29) is 0 Å². The maximum atomic E-state index is 4.52. The molecular formula is C14H26N6. The molecule has 0 bridgehead atoms. The van der Waals surface area contributed by atoms with Crippen LogP contribution in [0.25, 0.3) is 0 Å². The summed E-state index contributed by atoms with van der Waals surface area (Å²) in [4.78, 5) is 9.01. The molecule has 0 saturated carbocycles. The predicted molar refractivity (Wildman–Crippen MR) is 82.8 cm³/mol. The van der Waals surface area contributed by atoms with Gasteiger partial charge in [-0.25, -0.2) is 0 Å². The molecule has 0 saturated heterocycles. The van der Waals surface area contributed by atoms with E-state index in [1.54, 1.807) is 0 Å². The van der Waals surface area contributed by atoms with Crippen LogP contribution in [0, 0.1) is 0 Å². The topological polar surface area (TPSA) is 73.5 Å². The van der Waals surface area contributed by atoms with E-state index in [4.69, 9.17) is 0 Å². The third-order valence-electron chi connectivity index (χ3n) is 3.52. The van der Waals surface area contributed by atoms with Crippen molar-refractivity contribution in [1.29, 1.82) is 0 Å². The average Bonchev–Trinajstić information content (AvgIpc) is 2.96. The Morgan fingerprint density at radius 1 is 0.850 bits per heavy atom. The molecule has 0 fully saturated rings. The van der Waals surface area contributed by atoms with Gasteiger partial charge in [-0.1, -0.05) is 0 Å². The second-order valence-electron chi connectivity index (χ2n) is 6.79. The number of rotatable bonds is 4. The first-order valence-corrected chi connectivity index (χ1v) is 7.28. The van der Waals surface area contributed by atoms with E-state index in [1.165, 1.54) is 0 Å². The Balaban J connectivity index is 2.08. The van der Waals surface area contributed by atoms with Crippen LogP contribution in [0.4, 0.5) is 0 Å². The molecule has 2 heterocycles. The third kappa shape index (κ3) is 3.16. The summed E-state index contributed by atoms with van der Waals surface area (Å²) in [5.74, 6) is 1.83. The van der Waals surface area contributed by atoms with Gasteiger partial charge < -0.3 is 10.6 Å². The molecule has 112 valence electrons. The second-order valence-corrected chi connectivity index (χ2v) is 6.79. The molecule has 2 aliphatic heterocycles. The van der Waals surface area contributed by atoms with Gasteiger partial charge in [-0.2, -0.15) is 10.2 Å². The van der Waals surface area contributed by atoms with Gasteiger partial charge in [0.15, 0.2) is 0 Å². The molecule has 2 unspecified atom stereocenters. The highest BCUT2D eigenvalue weighted by Crippen LogP contribution is 2.20. The zero-order valence-corrected chi connectivity index (χ0v) is 13.4. The first-order valence-electron chi connectivity index (χ1n) is 7.28. The van der Waals surface area contributed by atoms with E-state index < -0.39 is 11.1 Å². The largest absolute Gasteiger partial charge is 0.367 e. The van der Waals surface area contributed by atoms with Crippen LogP contribution >= 0.6 is 0 Å². The lowest BCUT2D eigenvalue weighted by Gasteiger charge is -2.24. The van der Waals surface area contributed by atoms with Crippen LogP contribution in [0.1, 0.15) is 41.5 Å². The molecule has 6 heteroatoms. The lowest BCUT2D eigenvalue weighted by atomic mass is 10.0. The van der Waals surface area contributed by atoms with Crippen molar-refractivity contribution in [3.63, 3.8) is 0 Å². The highest BCUT2D eigenvalue weighted by molar-refractivity contribution is 5.93. The molecular weight excluding hydrogens is 252 g/mol. The van der Waals surface area contributed by atoms with Gasteiger partial charge in [0.05, 0.1) is 13.1 Å². The summed E-state index contributed by atoms with van der Waals surface area (Å²) in [5, 5.41) is 15.8. The summed E-state index contributed by atoms with van der Waals surface area (Å²) in [6.45, 7) is 14.0. The Morgan fingerprint density at radius 2 is 1.20 bits per heavy atom. The molecule has 2 aliphatic rings. The molecule has 20 heavy (non-hydrogen) atoms. The van der Waals surface area contributed by atoms with Crippen molar-refractivity contribution in [2.75, 3.05) is 13.1 Å². The molecule has 0 spiro atoms. The fourth-order valence-corrected chi connectivity index (χ4v) is 2.19. The summed E-state index contributed by atoms with van der Waals surface area (Å²) >= 11 is 0. The van der Waals surface area contributed by atoms with E-state index in [0.717, 1.165) is 24.8 Å². The Kier molecular flexibility index (Phi) is 3.84. The van der Waals surface area contributed by atoms with Crippen LogP contribution in [-0.4, -0.2) is 47.9 Å². The lowest BCUT2D eigenvalue weighted by Crippen LogP contribution is -2.43. The maximum Gasteiger partial charge on any atom is 0.133 e. The molecule has 6 nitrogen and oxygen atoms in total. The fraction of sp³-hybridized carbons (Fsp3) is 0.857. The van der Waals surface area contributed by atoms with Crippen molar-refractivity contribution < 1.29 is 0 Å². The molecule has 0 amide bonds. The SMILES string of the molecule is CC1CN=C(C(C)(C)/N=N/C(C)(C)C2=NCC(C)N2)N1. The van der Waals surface area contributed by atoms with Crippen molar-refractivity contribution in [2.24, 2.45) is 20.2 Å². The fourth-order valence-electron chi connectivity index (χ4n) is 2.19. The van der Waals surface area contributed by atoms with E-state index in [1.807, 2.05) is 27.7 Å². The summed E-state index contributed by atoms with van der Waals surface area (Å²) < 4.78 is 0. The van der Waals surface area contributed by atoms with Crippen LogP contribution in [0.5, 0.6) is 0 Å². The van der Waals surface area contributed by atoms with Gasteiger partial charge >= 0.3 is 0 Å². The molecule has 0 aliphatic carbocycles. The highest BCUT2D eigenvalue weighted by Gasteiger charge is 2.33. The molecule has 2 atom stereocenters. The molecule has 0 aromatic rings. The normalized spacial score (nSPS) is 27.3. The van der Waals surface area contributed by atoms with Gasteiger partial charge in [0.25, 0.3) is 0 Å². The first-order chi connectivity index (χ1) is 9.21. The van der Waals surface area contributed by atoms with E-state index >= 15 is 0 Å². The average molecular weight is 278 g/mol. The third-order valence-corrected chi connectivity index (χ3v) is 3.52. The van der Waals surface area contributed by atoms with Crippen molar-refractivity contribution in [1.82, 2.24) is 10.6 Å². The molecule has 0 aromatic carbocycles. The van der Waals surface area contributed by atoms with Gasteiger partial charge in [0.1, 0.15) is 22.7 Å². The Morgan fingerprint density at radius 3 is 1.45 bits per heavy atom. The minimum atomic E-state index is -0.424. The van der Waals surface area contributed by atoms with Gasteiger partial charge in [-0.05, 0) is 41.5 Å². The zero-order chi connectivity index (χ0) is 15.0. The summed E-state index contributed by atoms with van der Waals surface area (Å²) in [6.07, 6.45) is 0. The number of hydrogen-bond donors (Lipinski definition) is 2. The van der Waals surface area contributed by atoms with E-state index in [9.17, 15) is 0 Å².